The number of anilines is 2. The molecule has 2 aliphatic rings. The zero-order valence-corrected chi connectivity index (χ0v) is 15.6. The van der Waals surface area contributed by atoms with Crippen molar-refractivity contribution in [1.29, 1.82) is 0 Å². The van der Waals surface area contributed by atoms with Gasteiger partial charge >= 0.3 is 0 Å². The van der Waals surface area contributed by atoms with Crippen molar-refractivity contribution >= 4 is 17.4 Å². The first kappa shape index (κ1) is 17.9. The largest absolute Gasteiger partial charge is 0.354 e. The molecule has 3 heterocycles. The Morgan fingerprint density at radius 1 is 1.07 bits per heavy atom. The SMILES string of the molecule is CN1CCN(c2ccc(NC(=O)C3CC(c4ccccc4)NN3)cn2)CC1. The molecule has 7 nitrogen and oxygen atoms in total. The van der Waals surface area contributed by atoms with Crippen LogP contribution >= 0.6 is 0 Å². The Bertz CT molecular complexity index is 758. The van der Waals surface area contributed by atoms with E-state index in [4.69, 9.17) is 0 Å². The normalized spacial score (nSPS) is 23.4. The molecule has 3 N–H and O–H groups in total. The lowest BCUT2D eigenvalue weighted by molar-refractivity contribution is -0.117. The van der Waals surface area contributed by atoms with E-state index in [0.29, 0.717) is 6.42 Å². The molecule has 4 rings (SSSR count). The predicted octanol–water partition coefficient (Wildman–Crippen LogP) is 1.38. The quantitative estimate of drug-likeness (QED) is 0.759. The molecule has 2 saturated heterocycles. The zero-order valence-electron chi connectivity index (χ0n) is 15.6. The number of nitrogens with one attached hydrogen (secondary N) is 3. The third kappa shape index (κ3) is 4.27. The minimum Gasteiger partial charge on any atom is -0.354 e. The van der Waals surface area contributed by atoms with Crippen molar-refractivity contribution < 1.29 is 4.79 Å². The summed E-state index contributed by atoms with van der Waals surface area (Å²) in [5, 5.41) is 2.96. The van der Waals surface area contributed by atoms with Gasteiger partial charge < -0.3 is 15.1 Å². The highest BCUT2D eigenvalue weighted by Gasteiger charge is 2.30. The number of aromatic nitrogens is 1. The van der Waals surface area contributed by atoms with Crippen molar-refractivity contribution in [3.63, 3.8) is 0 Å². The summed E-state index contributed by atoms with van der Waals surface area (Å²) in [6, 6.07) is 13.9. The van der Waals surface area contributed by atoms with Gasteiger partial charge in [-0.2, -0.15) is 0 Å². The van der Waals surface area contributed by atoms with Gasteiger partial charge in [-0.05, 0) is 31.2 Å². The summed E-state index contributed by atoms with van der Waals surface area (Å²) < 4.78 is 0. The summed E-state index contributed by atoms with van der Waals surface area (Å²) >= 11 is 0. The smallest absolute Gasteiger partial charge is 0.242 e. The number of pyridine rings is 1. The van der Waals surface area contributed by atoms with Crippen LogP contribution in [0.15, 0.2) is 48.7 Å². The number of benzene rings is 1. The first-order valence-corrected chi connectivity index (χ1v) is 9.45. The van der Waals surface area contributed by atoms with E-state index in [9.17, 15) is 4.79 Å². The number of likely N-dealkylation sites (N-methyl/N-ethyl adjacent to an activating group) is 1. The summed E-state index contributed by atoms with van der Waals surface area (Å²) in [5.41, 5.74) is 8.21. The van der Waals surface area contributed by atoms with E-state index in [1.165, 1.54) is 5.56 Å². The van der Waals surface area contributed by atoms with E-state index >= 15 is 0 Å². The summed E-state index contributed by atoms with van der Waals surface area (Å²) in [5.74, 6) is 0.918. The zero-order chi connectivity index (χ0) is 18.6. The second-order valence-corrected chi connectivity index (χ2v) is 7.22. The minimum absolute atomic E-state index is 0.0462. The fourth-order valence-electron chi connectivity index (χ4n) is 3.54. The highest BCUT2D eigenvalue weighted by Crippen LogP contribution is 2.23. The van der Waals surface area contributed by atoms with Crippen molar-refractivity contribution in [3.8, 4) is 0 Å². The Morgan fingerprint density at radius 2 is 1.85 bits per heavy atom. The van der Waals surface area contributed by atoms with Gasteiger partial charge in [-0.25, -0.2) is 15.8 Å². The first-order valence-electron chi connectivity index (χ1n) is 9.45. The molecule has 0 bridgehead atoms. The Hall–Kier alpha value is -2.48. The molecule has 2 aliphatic heterocycles. The van der Waals surface area contributed by atoms with Crippen molar-refractivity contribution in [1.82, 2.24) is 20.7 Å². The van der Waals surface area contributed by atoms with E-state index in [2.05, 4.69) is 50.1 Å². The molecular weight excluding hydrogens is 340 g/mol. The van der Waals surface area contributed by atoms with Crippen LogP contribution in [0, 0.1) is 0 Å². The monoisotopic (exact) mass is 366 g/mol. The number of hydrogen-bond acceptors (Lipinski definition) is 6. The minimum atomic E-state index is -0.271. The van der Waals surface area contributed by atoms with Gasteiger partial charge in [0.05, 0.1) is 11.9 Å². The highest BCUT2D eigenvalue weighted by atomic mass is 16.2. The second-order valence-electron chi connectivity index (χ2n) is 7.22. The maximum atomic E-state index is 12.6. The van der Waals surface area contributed by atoms with Crippen LogP contribution in [0.4, 0.5) is 11.5 Å². The van der Waals surface area contributed by atoms with Crippen LogP contribution in [0.1, 0.15) is 18.0 Å². The number of amides is 1. The fraction of sp³-hybridized carbons (Fsp3) is 0.400. The number of carbonyl (C=O) groups is 1. The maximum absolute atomic E-state index is 12.6. The molecule has 0 aliphatic carbocycles. The number of piperazine rings is 1. The molecular formula is C20H26N6O. The van der Waals surface area contributed by atoms with Crippen LogP contribution in [-0.4, -0.2) is 55.1 Å². The Labute approximate surface area is 159 Å². The van der Waals surface area contributed by atoms with Crippen LogP contribution < -0.4 is 21.1 Å². The predicted molar refractivity (Wildman–Crippen MR) is 106 cm³/mol. The maximum Gasteiger partial charge on any atom is 0.242 e. The van der Waals surface area contributed by atoms with Crippen LogP contribution in [0.25, 0.3) is 0 Å². The average Bonchev–Trinajstić information content (AvgIpc) is 3.20. The topological polar surface area (TPSA) is 72.5 Å². The molecule has 0 spiro atoms. The molecule has 2 aromatic rings. The summed E-state index contributed by atoms with van der Waals surface area (Å²) in [7, 11) is 2.14. The first-order chi connectivity index (χ1) is 13.2. The molecule has 1 aromatic carbocycles. The number of hydrogen-bond donors (Lipinski definition) is 3. The van der Waals surface area contributed by atoms with Crippen LogP contribution in [0.3, 0.4) is 0 Å². The van der Waals surface area contributed by atoms with Crippen molar-refractivity contribution in [2.45, 2.75) is 18.5 Å². The molecule has 27 heavy (non-hydrogen) atoms. The standard InChI is InChI=1S/C20H26N6O/c1-25-9-11-26(12-10-25)19-8-7-16(14-21-19)22-20(27)18-13-17(23-24-18)15-5-3-2-4-6-15/h2-8,14,17-18,23-24H,9-13H2,1H3,(H,22,27). The van der Waals surface area contributed by atoms with E-state index in [0.717, 1.165) is 37.7 Å². The van der Waals surface area contributed by atoms with Crippen molar-refractivity contribution in [2.75, 3.05) is 43.4 Å². The fourth-order valence-corrected chi connectivity index (χ4v) is 3.54. The highest BCUT2D eigenvalue weighted by molar-refractivity contribution is 5.95. The molecule has 142 valence electrons. The number of nitrogens with zero attached hydrogens (tertiary/aromatic N) is 3. The Kier molecular flexibility index (Phi) is 5.33. The molecule has 0 radical (unpaired) electrons. The van der Waals surface area contributed by atoms with Gasteiger partial charge in [-0.1, -0.05) is 30.3 Å². The summed E-state index contributed by atoms with van der Waals surface area (Å²) in [6.07, 6.45) is 2.45. The lowest BCUT2D eigenvalue weighted by Gasteiger charge is -2.33. The van der Waals surface area contributed by atoms with Crippen LogP contribution in [0.2, 0.25) is 0 Å². The number of rotatable bonds is 4. The van der Waals surface area contributed by atoms with Crippen LogP contribution in [0.5, 0.6) is 0 Å². The molecule has 0 saturated carbocycles. The van der Waals surface area contributed by atoms with E-state index in [-0.39, 0.29) is 18.0 Å². The second kappa shape index (κ2) is 8.04. The molecule has 7 heteroatoms. The third-order valence-electron chi connectivity index (χ3n) is 5.26. The Morgan fingerprint density at radius 3 is 2.56 bits per heavy atom. The van der Waals surface area contributed by atoms with E-state index < -0.39 is 0 Å². The molecule has 2 unspecified atom stereocenters. The van der Waals surface area contributed by atoms with Gasteiger partial charge in [0.25, 0.3) is 0 Å². The lowest BCUT2D eigenvalue weighted by Crippen LogP contribution is -2.44. The number of carbonyl (C=O) groups excluding carboxylic acids is 1. The van der Waals surface area contributed by atoms with Gasteiger partial charge in [0.1, 0.15) is 11.9 Å². The van der Waals surface area contributed by atoms with Crippen LogP contribution in [-0.2, 0) is 4.79 Å². The van der Waals surface area contributed by atoms with Gasteiger partial charge in [-0.3, -0.25) is 4.79 Å². The molecule has 2 atom stereocenters. The van der Waals surface area contributed by atoms with Gasteiger partial charge in [0.15, 0.2) is 0 Å². The molecule has 2 fully saturated rings. The van der Waals surface area contributed by atoms with Crippen molar-refractivity contribution in [2.24, 2.45) is 0 Å². The van der Waals surface area contributed by atoms with Gasteiger partial charge in [0.2, 0.25) is 5.91 Å². The Balaban J connectivity index is 1.32. The summed E-state index contributed by atoms with van der Waals surface area (Å²) in [4.78, 5) is 21.7. The molecule has 1 aromatic heterocycles. The average molecular weight is 366 g/mol. The molecule has 1 amide bonds. The summed E-state index contributed by atoms with van der Waals surface area (Å²) in [6.45, 7) is 4.05. The van der Waals surface area contributed by atoms with Crippen molar-refractivity contribution in [3.05, 3.63) is 54.2 Å². The lowest BCUT2D eigenvalue weighted by atomic mass is 10.0. The van der Waals surface area contributed by atoms with Gasteiger partial charge in [-0.15, -0.1) is 0 Å². The van der Waals surface area contributed by atoms with E-state index in [1.807, 2.05) is 30.3 Å². The third-order valence-corrected chi connectivity index (χ3v) is 5.26. The van der Waals surface area contributed by atoms with Gasteiger partial charge in [0, 0.05) is 32.2 Å². The number of hydrazine groups is 1. The van der Waals surface area contributed by atoms with E-state index in [1.54, 1.807) is 6.20 Å².